The highest BCUT2D eigenvalue weighted by Gasteiger charge is 2.05. The molecule has 0 saturated carbocycles. The summed E-state index contributed by atoms with van der Waals surface area (Å²) in [7, 11) is 0. The van der Waals surface area contributed by atoms with Crippen LogP contribution in [-0.2, 0) is 13.0 Å². The van der Waals surface area contributed by atoms with E-state index in [9.17, 15) is 5.11 Å². The van der Waals surface area contributed by atoms with Gasteiger partial charge in [0.15, 0.2) is 0 Å². The highest BCUT2D eigenvalue weighted by Crippen LogP contribution is 2.28. The van der Waals surface area contributed by atoms with E-state index in [0.29, 0.717) is 12.3 Å². The number of phenols is 1. The lowest BCUT2D eigenvalue weighted by Gasteiger charge is -2.12. The summed E-state index contributed by atoms with van der Waals surface area (Å²) in [6, 6.07) is 14.0. The fourth-order valence-corrected chi connectivity index (χ4v) is 2.48. The van der Waals surface area contributed by atoms with Gasteiger partial charge in [0.05, 0.1) is 4.47 Å². The summed E-state index contributed by atoms with van der Waals surface area (Å²) in [4.78, 5) is 0. The topological polar surface area (TPSA) is 32.3 Å². The number of para-hydroxylation sites is 2. The molecule has 0 saturated heterocycles. The summed E-state index contributed by atoms with van der Waals surface area (Å²) in [5.41, 5.74) is 3.35. The van der Waals surface area contributed by atoms with Crippen molar-refractivity contribution in [2.45, 2.75) is 26.3 Å². The van der Waals surface area contributed by atoms with Gasteiger partial charge in [0.1, 0.15) is 5.75 Å². The van der Waals surface area contributed by atoms with Crippen molar-refractivity contribution in [3.63, 3.8) is 0 Å². The van der Waals surface area contributed by atoms with Crippen molar-refractivity contribution < 1.29 is 5.11 Å². The summed E-state index contributed by atoms with van der Waals surface area (Å²) in [6.45, 7) is 2.79. The van der Waals surface area contributed by atoms with E-state index in [-0.39, 0.29) is 0 Å². The van der Waals surface area contributed by atoms with Gasteiger partial charge in [0, 0.05) is 17.8 Å². The number of aryl methyl sites for hydroxylation is 1. The van der Waals surface area contributed by atoms with E-state index in [2.05, 4.69) is 46.4 Å². The predicted octanol–water partition coefficient (Wildman–Crippen LogP) is 4.72. The van der Waals surface area contributed by atoms with Gasteiger partial charge in [0.2, 0.25) is 0 Å². The van der Waals surface area contributed by atoms with Gasteiger partial charge in [-0.15, -0.1) is 0 Å². The Labute approximate surface area is 122 Å². The number of hydrogen-bond acceptors (Lipinski definition) is 2. The molecule has 2 aromatic rings. The van der Waals surface area contributed by atoms with E-state index in [0.717, 1.165) is 28.6 Å². The molecule has 3 heteroatoms. The van der Waals surface area contributed by atoms with Gasteiger partial charge in [-0.05, 0) is 40.0 Å². The number of phenolic OH excluding ortho intramolecular Hbond substituents is 1. The number of aromatic hydroxyl groups is 1. The number of anilines is 1. The van der Waals surface area contributed by atoms with Gasteiger partial charge >= 0.3 is 0 Å². The number of halogens is 1. The SMILES string of the molecule is CCCc1ccccc1NCc1cccc(Br)c1O. The molecule has 0 bridgehead atoms. The van der Waals surface area contributed by atoms with E-state index in [1.54, 1.807) is 0 Å². The second-order valence-electron chi connectivity index (χ2n) is 4.51. The number of benzene rings is 2. The summed E-state index contributed by atoms with van der Waals surface area (Å²) in [5.74, 6) is 0.308. The Morgan fingerprint density at radius 2 is 1.79 bits per heavy atom. The third kappa shape index (κ3) is 3.51. The fourth-order valence-electron chi connectivity index (χ4n) is 2.07. The molecule has 0 aliphatic rings. The maximum absolute atomic E-state index is 9.96. The van der Waals surface area contributed by atoms with Crippen LogP contribution in [0.3, 0.4) is 0 Å². The smallest absolute Gasteiger partial charge is 0.134 e. The molecule has 0 amide bonds. The Kier molecular flexibility index (Phi) is 4.86. The summed E-state index contributed by atoms with van der Waals surface area (Å²) in [5, 5.41) is 13.4. The fraction of sp³-hybridized carbons (Fsp3) is 0.250. The molecule has 2 nitrogen and oxygen atoms in total. The monoisotopic (exact) mass is 319 g/mol. The van der Waals surface area contributed by atoms with E-state index in [1.165, 1.54) is 5.56 Å². The highest BCUT2D eigenvalue weighted by molar-refractivity contribution is 9.10. The zero-order chi connectivity index (χ0) is 13.7. The van der Waals surface area contributed by atoms with Crippen LogP contribution >= 0.6 is 15.9 Å². The lowest BCUT2D eigenvalue weighted by atomic mass is 10.1. The Morgan fingerprint density at radius 3 is 2.58 bits per heavy atom. The Balaban J connectivity index is 2.12. The Hall–Kier alpha value is -1.48. The molecular weight excluding hydrogens is 302 g/mol. The average molecular weight is 320 g/mol. The van der Waals surface area contributed by atoms with Crippen LogP contribution in [0.2, 0.25) is 0 Å². The van der Waals surface area contributed by atoms with Crippen LogP contribution in [-0.4, -0.2) is 5.11 Å². The lowest BCUT2D eigenvalue weighted by Crippen LogP contribution is -2.02. The second kappa shape index (κ2) is 6.62. The first-order valence-corrected chi connectivity index (χ1v) is 7.29. The molecule has 0 radical (unpaired) electrons. The van der Waals surface area contributed by atoms with Gasteiger partial charge in [-0.3, -0.25) is 0 Å². The van der Waals surface area contributed by atoms with Crippen LogP contribution in [0.25, 0.3) is 0 Å². The second-order valence-corrected chi connectivity index (χ2v) is 5.36. The van der Waals surface area contributed by atoms with Crippen molar-refractivity contribution in [1.82, 2.24) is 0 Å². The highest BCUT2D eigenvalue weighted by atomic mass is 79.9. The van der Waals surface area contributed by atoms with Crippen LogP contribution in [0.1, 0.15) is 24.5 Å². The largest absolute Gasteiger partial charge is 0.506 e. The van der Waals surface area contributed by atoms with E-state index >= 15 is 0 Å². The van der Waals surface area contributed by atoms with Crippen LogP contribution in [0, 0.1) is 0 Å². The molecule has 2 N–H and O–H groups in total. The summed E-state index contributed by atoms with van der Waals surface area (Å²) >= 11 is 3.33. The number of nitrogens with one attached hydrogen (secondary N) is 1. The zero-order valence-electron chi connectivity index (χ0n) is 11.0. The van der Waals surface area contributed by atoms with Gasteiger partial charge < -0.3 is 10.4 Å². The molecule has 0 spiro atoms. The van der Waals surface area contributed by atoms with Crippen molar-refractivity contribution in [2.75, 3.05) is 5.32 Å². The minimum atomic E-state index is 0.308. The van der Waals surface area contributed by atoms with Crippen molar-refractivity contribution in [3.8, 4) is 5.75 Å². The average Bonchev–Trinajstić information content (AvgIpc) is 2.42. The van der Waals surface area contributed by atoms with Crippen LogP contribution in [0.15, 0.2) is 46.9 Å². The quantitative estimate of drug-likeness (QED) is 0.835. The van der Waals surface area contributed by atoms with Crippen molar-refractivity contribution >= 4 is 21.6 Å². The molecule has 19 heavy (non-hydrogen) atoms. The third-order valence-corrected chi connectivity index (χ3v) is 3.72. The number of rotatable bonds is 5. The van der Waals surface area contributed by atoms with E-state index in [1.807, 2.05) is 24.3 Å². The lowest BCUT2D eigenvalue weighted by molar-refractivity contribution is 0.465. The molecule has 0 heterocycles. The van der Waals surface area contributed by atoms with Gasteiger partial charge in [-0.25, -0.2) is 0 Å². The molecule has 0 unspecified atom stereocenters. The van der Waals surface area contributed by atoms with Gasteiger partial charge in [-0.1, -0.05) is 43.7 Å². The third-order valence-electron chi connectivity index (χ3n) is 3.08. The maximum atomic E-state index is 9.96. The number of hydrogen-bond donors (Lipinski definition) is 2. The van der Waals surface area contributed by atoms with Crippen LogP contribution in [0.5, 0.6) is 5.75 Å². The summed E-state index contributed by atoms with van der Waals surface area (Å²) < 4.78 is 0.730. The first-order valence-electron chi connectivity index (χ1n) is 6.50. The van der Waals surface area contributed by atoms with E-state index < -0.39 is 0 Å². The normalized spacial score (nSPS) is 10.4. The maximum Gasteiger partial charge on any atom is 0.134 e. The molecule has 0 aliphatic heterocycles. The molecule has 0 aliphatic carbocycles. The molecular formula is C16H18BrNO. The molecule has 0 aromatic heterocycles. The molecule has 0 atom stereocenters. The predicted molar refractivity (Wildman–Crippen MR) is 83.6 cm³/mol. The van der Waals surface area contributed by atoms with Gasteiger partial charge in [0.25, 0.3) is 0 Å². The van der Waals surface area contributed by atoms with Crippen molar-refractivity contribution in [2.24, 2.45) is 0 Å². The minimum absolute atomic E-state index is 0.308. The minimum Gasteiger partial charge on any atom is -0.506 e. The van der Waals surface area contributed by atoms with Crippen molar-refractivity contribution in [3.05, 3.63) is 58.1 Å². The van der Waals surface area contributed by atoms with E-state index in [4.69, 9.17) is 0 Å². The Bertz CT molecular complexity index is 554. The molecule has 2 rings (SSSR count). The van der Waals surface area contributed by atoms with Crippen molar-refractivity contribution in [1.29, 1.82) is 0 Å². The standard InChI is InChI=1S/C16H18BrNO/c1-2-6-12-7-3-4-10-15(12)18-11-13-8-5-9-14(17)16(13)19/h3-5,7-10,18-19H,2,6,11H2,1H3. The zero-order valence-corrected chi connectivity index (χ0v) is 12.6. The molecule has 0 fully saturated rings. The molecule has 100 valence electrons. The summed E-state index contributed by atoms with van der Waals surface area (Å²) in [6.07, 6.45) is 2.19. The van der Waals surface area contributed by atoms with Crippen LogP contribution in [0.4, 0.5) is 5.69 Å². The van der Waals surface area contributed by atoms with Gasteiger partial charge in [-0.2, -0.15) is 0 Å². The van der Waals surface area contributed by atoms with Crippen LogP contribution < -0.4 is 5.32 Å². The molecule has 2 aromatic carbocycles. The Morgan fingerprint density at radius 1 is 1.05 bits per heavy atom. The first kappa shape index (κ1) is 13.9. The first-order chi connectivity index (χ1) is 9.22.